The minimum absolute atomic E-state index is 0.0521. The topological polar surface area (TPSA) is 130 Å². The van der Waals surface area contributed by atoms with E-state index in [9.17, 15) is 14.0 Å². The molecule has 2 heterocycles. The second kappa shape index (κ2) is 10.3. The Morgan fingerprint density at radius 1 is 1.33 bits per heavy atom. The number of hydrogen-bond acceptors (Lipinski definition) is 6. The van der Waals surface area contributed by atoms with Crippen LogP contribution in [0.5, 0.6) is 5.75 Å². The fraction of sp³-hybridized carbons (Fsp3) is 0.310. The summed E-state index contributed by atoms with van der Waals surface area (Å²) in [7, 11) is 1.73. The van der Waals surface area contributed by atoms with Crippen LogP contribution < -0.4 is 21.1 Å². The Labute approximate surface area is 230 Å². The molecule has 0 bridgehead atoms. The molecule has 39 heavy (non-hydrogen) atoms. The molecule has 0 unspecified atom stereocenters. The molecule has 5 N–H and O–H groups in total. The predicted molar refractivity (Wildman–Crippen MR) is 147 cm³/mol. The number of amides is 2. The van der Waals surface area contributed by atoms with E-state index in [0.717, 1.165) is 12.8 Å². The fourth-order valence-corrected chi connectivity index (χ4v) is 5.11. The van der Waals surface area contributed by atoms with Crippen LogP contribution in [0.3, 0.4) is 0 Å². The first-order chi connectivity index (χ1) is 18.6. The molecule has 202 valence electrons. The number of halogens is 2. The lowest BCUT2D eigenvalue weighted by atomic mass is 9.82. The van der Waals surface area contributed by atoms with Crippen molar-refractivity contribution in [2.45, 2.75) is 31.1 Å². The van der Waals surface area contributed by atoms with Gasteiger partial charge in [-0.2, -0.15) is 0 Å². The van der Waals surface area contributed by atoms with Crippen molar-refractivity contribution in [3.05, 3.63) is 81.9 Å². The Morgan fingerprint density at radius 2 is 2.10 bits per heavy atom. The average molecular weight is 550 g/mol. The quantitative estimate of drug-likeness (QED) is 0.397. The van der Waals surface area contributed by atoms with Gasteiger partial charge in [-0.05, 0) is 68.2 Å². The zero-order chi connectivity index (χ0) is 27.9. The maximum atomic E-state index is 13.9. The van der Waals surface area contributed by atoms with E-state index in [-0.39, 0.29) is 23.5 Å². The lowest BCUT2D eigenvalue weighted by Gasteiger charge is -2.22. The van der Waals surface area contributed by atoms with Crippen molar-refractivity contribution in [1.29, 1.82) is 5.41 Å². The van der Waals surface area contributed by atoms with E-state index in [2.05, 4.69) is 10.6 Å². The van der Waals surface area contributed by atoms with Crippen molar-refractivity contribution in [1.82, 2.24) is 15.6 Å². The summed E-state index contributed by atoms with van der Waals surface area (Å²) in [4.78, 5) is 30.5. The van der Waals surface area contributed by atoms with Gasteiger partial charge in [0.2, 0.25) is 5.91 Å². The summed E-state index contributed by atoms with van der Waals surface area (Å²) in [6.07, 6.45) is 8.51. The van der Waals surface area contributed by atoms with E-state index in [0.29, 0.717) is 57.6 Å². The van der Waals surface area contributed by atoms with Gasteiger partial charge >= 0.3 is 0 Å². The molecule has 0 spiro atoms. The number of ether oxygens (including phenoxy) is 1. The number of allylic oxidation sites excluding steroid dienone is 3. The maximum Gasteiger partial charge on any atom is 0.251 e. The lowest BCUT2D eigenvalue weighted by molar-refractivity contribution is -0.123. The zero-order valence-corrected chi connectivity index (χ0v) is 22.4. The number of fused-ring (bicyclic) bond motifs is 1. The number of carbonyl (C=O) groups excluding carboxylic acids is 2. The number of pyridine rings is 1. The highest BCUT2D eigenvalue weighted by molar-refractivity contribution is 6.31. The molecule has 1 aliphatic heterocycles. The Kier molecular flexibility index (Phi) is 7.03. The first-order valence-corrected chi connectivity index (χ1v) is 13.1. The van der Waals surface area contributed by atoms with Crippen molar-refractivity contribution in [2.75, 3.05) is 20.2 Å². The molecule has 0 saturated heterocycles. The van der Waals surface area contributed by atoms with Crippen molar-refractivity contribution < 1.29 is 18.7 Å². The van der Waals surface area contributed by atoms with Gasteiger partial charge in [-0.1, -0.05) is 11.6 Å². The Morgan fingerprint density at radius 3 is 2.77 bits per heavy atom. The molecule has 1 aromatic carbocycles. The lowest BCUT2D eigenvalue weighted by Crippen LogP contribution is -2.40. The number of primary amides is 1. The summed E-state index contributed by atoms with van der Waals surface area (Å²) in [6.45, 7) is 2.12. The van der Waals surface area contributed by atoms with Crippen molar-refractivity contribution in [3.8, 4) is 17.0 Å². The number of aromatic nitrogens is 1. The third-order valence-electron chi connectivity index (χ3n) is 7.50. The second-order valence-electron chi connectivity index (χ2n) is 10.3. The molecule has 10 heteroatoms. The number of hydrogen-bond donors (Lipinski definition) is 4. The monoisotopic (exact) mass is 549 g/mol. The molecule has 8 nitrogen and oxygen atoms in total. The number of carbonyl (C=O) groups is 2. The Bertz CT molecular complexity index is 1480. The fourth-order valence-electron chi connectivity index (χ4n) is 4.93. The Hall–Kier alpha value is -3.98. The predicted octanol–water partition coefficient (Wildman–Crippen LogP) is 3.91. The highest BCUT2D eigenvalue weighted by atomic mass is 35.5. The minimum atomic E-state index is -1.07. The van der Waals surface area contributed by atoms with E-state index in [1.165, 1.54) is 12.1 Å². The van der Waals surface area contributed by atoms with Gasteiger partial charge in [0.15, 0.2) is 0 Å². The van der Waals surface area contributed by atoms with Gasteiger partial charge in [0, 0.05) is 53.7 Å². The van der Waals surface area contributed by atoms with Crippen LogP contribution in [0.15, 0.2) is 59.8 Å². The molecule has 2 amide bonds. The van der Waals surface area contributed by atoms with Crippen molar-refractivity contribution >= 4 is 29.1 Å². The van der Waals surface area contributed by atoms with Crippen molar-refractivity contribution in [2.24, 2.45) is 11.7 Å². The number of benzene rings is 1. The number of rotatable bonds is 8. The maximum absolute atomic E-state index is 13.9. The summed E-state index contributed by atoms with van der Waals surface area (Å²) in [5, 5.41) is 13.9. The summed E-state index contributed by atoms with van der Waals surface area (Å²) in [5.41, 5.74) is 8.40. The number of nitrogens with one attached hydrogen (secondary N) is 3. The molecule has 1 saturated carbocycles. The summed E-state index contributed by atoms with van der Waals surface area (Å²) >= 11 is 6.08. The first kappa shape index (κ1) is 26.6. The summed E-state index contributed by atoms with van der Waals surface area (Å²) in [5.74, 6) is -0.751. The molecule has 1 fully saturated rings. The average Bonchev–Trinajstić information content (AvgIpc) is 3.69. The van der Waals surface area contributed by atoms with Gasteiger partial charge in [-0.25, -0.2) is 9.37 Å². The summed E-state index contributed by atoms with van der Waals surface area (Å²) < 4.78 is 19.9. The van der Waals surface area contributed by atoms with Crippen LogP contribution in [0, 0.1) is 17.1 Å². The van der Waals surface area contributed by atoms with E-state index in [1.54, 1.807) is 44.5 Å². The van der Waals surface area contributed by atoms with Crippen LogP contribution in [0.4, 0.5) is 4.39 Å². The van der Waals surface area contributed by atoms with Crippen molar-refractivity contribution in [3.63, 3.8) is 0 Å². The second-order valence-corrected chi connectivity index (χ2v) is 10.7. The number of nitrogens with zero attached hydrogens (tertiary/aromatic N) is 1. The normalized spacial score (nSPS) is 21.7. The molecule has 3 aliphatic rings. The van der Waals surface area contributed by atoms with Crippen LogP contribution in [0.25, 0.3) is 11.3 Å². The van der Waals surface area contributed by atoms with Gasteiger partial charge in [0.1, 0.15) is 29.3 Å². The molecule has 2 atom stereocenters. The largest absolute Gasteiger partial charge is 0.489 e. The highest BCUT2D eigenvalue weighted by Gasteiger charge is 2.45. The minimum Gasteiger partial charge on any atom is -0.489 e. The third-order valence-corrected chi connectivity index (χ3v) is 7.79. The molecule has 0 radical (unpaired) electrons. The van der Waals surface area contributed by atoms with Gasteiger partial charge in [-0.15, -0.1) is 0 Å². The molecule has 2 aliphatic carbocycles. The van der Waals surface area contributed by atoms with Crippen LogP contribution in [-0.4, -0.2) is 42.7 Å². The van der Waals surface area contributed by atoms with E-state index in [1.807, 2.05) is 6.07 Å². The van der Waals surface area contributed by atoms with Gasteiger partial charge in [0.05, 0.1) is 10.7 Å². The van der Waals surface area contributed by atoms with Gasteiger partial charge in [-0.3, -0.25) is 9.59 Å². The Balaban J connectivity index is 1.50. The summed E-state index contributed by atoms with van der Waals surface area (Å²) in [6, 6.07) is 6.17. The highest BCUT2D eigenvalue weighted by Crippen LogP contribution is 2.48. The van der Waals surface area contributed by atoms with Gasteiger partial charge < -0.3 is 26.5 Å². The van der Waals surface area contributed by atoms with E-state index < -0.39 is 17.1 Å². The third kappa shape index (κ3) is 5.06. The molecule has 5 rings (SSSR count). The van der Waals surface area contributed by atoms with E-state index >= 15 is 0 Å². The SMILES string of the molecule is CN/C=C1/C=C(C(=O)NC[C@H](c2cc3c(c(-c4ccc(F)c(Cl)c4)n2)OC[C@]3(C)C(N)=O)C2CC2)C=CC1=N. The molecular weight excluding hydrogens is 521 g/mol. The molecule has 2 aromatic rings. The van der Waals surface area contributed by atoms with E-state index in [4.69, 9.17) is 32.5 Å². The first-order valence-electron chi connectivity index (χ1n) is 12.7. The van der Waals surface area contributed by atoms with Crippen LogP contribution >= 0.6 is 11.6 Å². The zero-order valence-electron chi connectivity index (χ0n) is 21.6. The molecule has 1 aromatic heterocycles. The standard InChI is InChI=1S/C29H29ClFN5O3/c1-29(28(33)38)14-39-26-20(29)11-24(36-25(26)16-5-7-22(31)21(30)10-16)19(15-3-4-15)13-35-27(37)17-6-8-23(32)18(9-17)12-34-2/h5-12,15,19,32,34H,3-4,13-14H2,1-2H3,(H2,33,38)(H,35,37)/b18-12-,32-23?/t19-,29-/m0/s1. The van der Waals surface area contributed by atoms with Crippen LogP contribution in [-0.2, 0) is 15.0 Å². The van der Waals surface area contributed by atoms with Crippen LogP contribution in [0.2, 0.25) is 5.02 Å². The molecular formula is C29H29ClFN5O3. The van der Waals surface area contributed by atoms with Crippen LogP contribution in [0.1, 0.15) is 36.9 Å². The number of nitrogens with two attached hydrogens (primary N) is 1. The smallest absolute Gasteiger partial charge is 0.251 e. The van der Waals surface area contributed by atoms with Gasteiger partial charge in [0.25, 0.3) is 5.91 Å².